The van der Waals surface area contributed by atoms with Gasteiger partial charge in [0, 0.05) is 37.1 Å². The van der Waals surface area contributed by atoms with Crippen LogP contribution in [0.3, 0.4) is 0 Å². The Kier molecular flexibility index (Phi) is 5.28. The Morgan fingerprint density at radius 3 is 2.84 bits per heavy atom. The Morgan fingerprint density at radius 2 is 2.06 bits per heavy atom. The lowest BCUT2D eigenvalue weighted by molar-refractivity contribution is 0.215. The van der Waals surface area contributed by atoms with E-state index in [2.05, 4.69) is 25.0 Å². The van der Waals surface area contributed by atoms with Crippen molar-refractivity contribution in [1.29, 1.82) is 0 Å². The zero-order valence-corrected chi connectivity index (χ0v) is 17.6. The Bertz CT molecular complexity index is 1300. The second-order valence-electron chi connectivity index (χ2n) is 7.84. The first-order valence-corrected chi connectivity index (χ1v) is 10.4. The molecule has 0 saturated carbocycles. The lowest BCUT2D eigenvalue weighted by Gasteiger charge is -2.24. The Morgan fingerprint density at radius 1 is 1.22 bits per heavy atom. The van der Waals surface area contributed by atoms with Crippen molar-refractivity contribution in [1.82, 2.24) is 15.0 Å². The number of imidazole rings is 1. The summed E-state index contributed by atoms with van der Waals surface area (Å²) < 4.78 is 14.3. The van der Waals surface area contributed by atoms with E-state index >= 15 is 0 Å². The molecule has 3 N–H and O–H groups in total. The average molecular weight is 430 g/mol. The highest BCUT2D eigenvalue weighted by Gasteiger charge is 2.26. The van der Waals surface area contributed by atoms with Crippen molar-refractivity contribution in [3.63, 3.8) is 0 Å². The number of para-hydroxylation sites is 1. The Labute approximate surface area is 184 Å². The van der Waals surface area contributed by atoms with Gasteiger partial charge in [0.1, 0.15) is 18.5 Å². The molecule has 5 rings (SSSR count). The van der Waals surface area contributed by atoms with Gasteiger partial charge in [-0.15, -0.1) is 0 Å². The summed E-state index contributed by atoms with van der Waals surface area (Å²) in [6, 6.07) is 13.0. The monoisotopic (exact) mass is 430 g/mol. The number of pyridine rings is 1. The lowest BCUT2D eigenvalue weighted by atomic mass is 10.00. The van der Waals surface area contributed by atoms with Gasteiger partial charge in [-0.3, -0.25) is 4.98 Å². The summed E-state index contributed by atoms with van der Waals surface area (Å²) in [5.41, 5.74) is 11.8. The molecular weight excluding hydrogens is 407 g/mol. The van der Waals surface area contributed by atoms with Gasteiger partial charge < -0.3 is 20.5 Å². The Hall–Kier alpha value is -3.78. The number of aromatic nitrogens is 3. The molecule has 162 valence electrons. The standard InChI is InChI=1S/C24H23FN6O/c1-32-28-11-15-4-2-5-16(10-15)18-12-27-13-19(23(18)31-9-8-17(26)14-31)24-29-21-7-3-6-20(25)22(21)30-24/h2-7,10-13,17H,8-9,14,26H2,1H3,(H,29,30)/t17-/m0/s1. The minimum atomic E-state index is -0.357. The van der Waals surface area contributed by atoms with Crippen LogP contribution in [0.1, 0.15) is 12.0 Å². The van der Waals surface area contributed by atoms with Gasteiger partial charge in [0.15, 0.2) is 5.82 Å². The topological polar surface area (TPSA) is 92.4 Å². The van der Waals surface area contributed by atoms with E-state index in [1.165, 1.54) is 13.2 Å². The van der Waals surface area contributed by atoms with Crippen LogP contribution >= 0.6 is 0 Å². The molecule has 2 aromatic carbocycles. The van der Waals surface area contributed by atoms with Crippen LogP contribution in [-0.4, -0.2) is 47.4 Å². The van der Waals surface area contributed by atoms with Crippen LogP contribution in [0, 0.1) is 5.82 Å². The van der Waals surface area contributed by atoms with Crippen LogP contribution < -0.4 is 10.6 Å². The van der Waals surface area contributed by atoms with Crippen LogP contribution in [-0.2, 0) is 4.84 Å². The van der Waals surface area contributed by atoms with Crippen molar-refractivity contribution < 1.29 is 9.23 Å². The number of oxime groups is 1. The molecule has 1 aliphatic rings. The highest BCUT2D eigenvalue weighted by atomic mass is 19.1. The lowest BCUT2D eigenvalue weighted by Crippen LogP contribution is -2.27. The van der Waals surface area contributed by atoms with E-state index in [1.807, 2.05) is 36.5 Å². The van der Waals surface area contributed by atoms with Crippen LogP contribution in [0.4, 0.5) is 10.1 Å². The number of nitrogens with two attached hydrogens (primary N) is 1. The van der Waals surface area contributed by atoms with Crippen molar-refractivity contribution in [3.8, 4) is 22.5 Å². The zero-order chi connectivity index (χ0) is 22.1. The summed E-state index contributed by atoms with van der Waals surface area (Å²) in [5.74, 6) is 0.219. The molecule has 7 nitrogen and oxygen atoms in total. The highest BCUT2D eigenvalue weighted by molar-refractivity contribution is 5.92. The number of halogens is 1. The van der Waals surface area contributed by atoms with Gasteiger partial charge in [0.2, 0.25) is 0 Å². The van der Waals surface area contributed by atoms with Gasteiger partial charge in [0.25, 0.3) is 0 Å². The normalized spacial score (nSPS) is 16.3. The zero-order valence-electron chi connectivity index (χ0n) is 17.6. The minimum Gasteiger partial charge on any atom is -0.399 e. The molecule has 1 atom stereocenters. The predicted octanol–water partition coefficient (Wildman–Crippen LogP) is 3.95. The number of hydrogen-bond acceptors (Lipinski definition) is 6. The molecular formula is C24H23FN6O. The van der Waals surface area contributed by atoms with Crippen LogP contribution in [0.5, 0.6) is 0 Å². The van der Waals surface area contributed by atoms with Crippen molar-refractivity contribution in [2.24, 2.45) is 10.9 Å². The largest absolute Gasteiger partial charge is 0.399 e. The molecule has 0 aliphatic carbocycles. The third kappa shape index (κ3) is 3.69. The average Bonchev–Trinajstić information content (AvgIpc) is 3.44. The molecule has 0 spiro atoms. The fraction of sp³-hybridized carbons (Fsp3) is 0.208. The number of rotatable bonds is 5. The van der Waals surface area contributed by atoms with Crippen LogP contribution in [0.2, 0.25) is 0 Å². The maximum Gasteiger partial charge on any atom is 0.151 e. The van der Waals surface area contributed by atoms with Crippen molar-refractivity contribution in [2.45, 2.75) is 12.5 Å². The third-order valence-corrected chi connectivity index (χ3v) is 5.68. The van der Waals surface area contributed by atoms with Gasteiger partial charge in [-0.1, -0.05) is 29.4 Å². The summed E-state index contributed by atoms with van der Waals surface area (Å²) in [4.78, 5) is 19.4. The summed E-state index contributed by atoms with van der Waals surface area (Å²) in [6.45, 7) is 1.55. The van der Waals surface area contributed by atoms with Crippen molar-refractivity contribution >= 4 is 22.9 Å². The predicted molar refractivity (Wildman–Crippen MR) is 124 cm³/mol. The molecule has 1 aliphatic heterocycles. The van der Waals surface area contributed by atoms with E-state index in [0.29, 0.717) is 16.9 Å². The van der Waals surface area contributed by atoms with E-state index < -0.39 is 0 Å². The van der Waals surface area contributed by atoms with Gasteiger partial charge in [-0.05, 0) is 35.7 Å². The van der Waals surface area contributed by atoms with Gasteiger partial charge in [0.05, 0.1) is 23.0 Å². The molecule has 1 fully saturated rings. The Balaban J connectivity index is 1.69. The first kappa shape index (κ1) is 20.1. The number of H-pyrrole nitrogens is 1. The summed E-state index contributed by atoms with van der Waals surface area (Å²) in [5, 5.41) is 3.87. The van der Waals surface area contributed by atoms with E-state index in [9.17, 15) is 4.39 Å². The minimum absolute atomic E-state index is 0.0946. The summed E-state index contributed by atoms with van der Waals surface area (Å²) in [6.07, 6.45) is 6.18. The number of nitrogens with zero attached hydrogens (tertiary/aromatic N) is 4. The summed E-state index contributed by atoms with van der Waals surface area (Å²) in [7, 11) is 1.51. The molecule has 2 aromatic heterocycles. The van der Waals surface area contributed by atoms with Gasteiger partial charge in [-0.2, -0.15) is 0 Å². The fourth-order valence-corrected chi connectivity index (χ4v) is 4.19. The highest BCUT2D eigenvalue weighted by Crippen LogP contribution is 2.40. The molecule has 8 heteroatoms. The van der Waals surface area contributed by atoms with Crippen LogP contribution in [0.15, 0.2) is 60.0 Å². The molecule has 3 heterocycles. The maximum atomic E-state index is 14.3. The van der Waals surface area contributed by atoms with Crippen molar-refractivity contribution in [3.05, 3.63) is 66.2 Å². The first-order chi connectivity index (χ1) is 15.6. The number of fused-ring (bicyclic) bond motifs is 1. The quantitative estimate of drug-likeness (QED) is 0.369. The van der Waals surface area contributed by atoms with E-state index in [4.69, 9.17) is 10.6 Å². The first-order valence-electron chi connectivity index (χ1n) is 10.4. The molecule has 32 heavy (non-hydrogen) atoms. The number of hydrogen-bond donors (Lipinski definition) is 2. The number of aromatic amines is 1. The molecule has 0 amide bonds. The van der Waals surface area contributed by atoms with Crippen LogP contribution in [0.25, 0.3) is 33.5 Å². The number of benzene rings is 2. The van der Waals surface area contributed by atoms with Gasteiger partial charge >= 0.3 is 0 Å². The fourth-order valence-electron chi connectivity index (χ4n) is 4.19. The second-order valence-corrected chi connectivity index (χ2v) is 7.84. The molecule has 0 unspecified atom stereocenters. The maximum absolute atomic E-state index is 14.3. The van der Waals surface area contributed by atoms with E-state index in [-0.39, 0.29) is 11.9 Å². The van der Waals surface area contributed by atoms with Gasteiger partial charge in [-0.25, -0.2) is 9.37 Å². The van der Waals surface area contributed by atoms with E-state index in [1.54, 1.807) is 18.5 Å². The van der Waals surface area contributed by atoms with E-state index in [0.717, 1.165) is 47.5 Å². The molecule has 1 saturated heterocycles. The molecule has 4 aromatic rings. The molecule has 0 bridgehead atoms. The summed E-state index contributed by atoms with van der Waals surface area (Å²) >= 11 is 0. The molecule has 0 radical (unpaired) electrons. The number of nitrogens with one attached hydrogen (secondary N) is 1. The number of anilines is 1. The SMILES string of the molecule is CON=Cc1cccc(-c2cncc(-c3nc4c(F)cccc4[nH]3)c2N2CC[C@H](N)C2)c1. The van der Waals surface area contributed by atoms with Crippen molar-refractivity contribution in [2.75, 3.05) is 25.1 Å². The smallest absolute Gasteiger partial charge is 0.151 e. The third-order valence-electron chi connectivity index (χ3n) is 5.68. The second kappa shape index (κ2) is 8.39.